The Morgan fingerprint density at radius 1 is 1.30 bits per heavy atom. The normalized spacial score (nSPS) is 17.8. The standard InChI is InChI=1S/C19H25N5O3/c1-12-17(27-16(21-12)11-13-3-4-13)18(25)24-9-6-14(7-10-24)22-19-20-8-5-15(23-19)26-2/h5,8,13-14H,3-4,6-7,9-11H2,1-2H3,(H,20,22,23). The minimum absolute atomic E-state index is 0.0573. The molecule has 1 aliphatic heterocycles. The number of amides is 1. The molecule has 0 radical (unpaired) electrons. The fourth-order valence-corrected chi connectivity index (χ4v) is 3.39. The molecule has 8 heteroatoms. The maximum absolute atomic E-state index is 12.8. The second-order valence-corrected chi connectivity index (χ2v) is 7.30. The number of methoxy groups -OCH3 is 1. The van der Waals surface area contributed by atoms with Crippen LogP contribution < -0.4 is 10.1 Å². The highest BCUT2D eigenvalue weighted by atomic mass is 16.5. The molecule has 0 bridgehead atoms. The number of piperidine rings is 1. The smallest absolute Gasteiger partial charge is 0.291 e. The van der Waals surface area contributed by atoms with Crippen LogP contribution in [0.1, 0.15) is 47.8 Å². The van der Waals surface area contributed by atoms with Gasteiger partial charge in [-0.3, -0.25) is 4.79 Å². The molecule has 1 saturated heterocycles. The van der Waals surface area contributed by atoms with Crippen molar-refractivity contribution in [3.8, 4) is 5.88 Å². The number of nitrogens with zero attached hydrogens (tertiary/aromatic N) is 4. The number of ether oxygens (including phenoxy) is 1. The highest BCUT2D eigenvalue weighted by Gasteiger charge is 2.29. The Bertz CT molecular complexity index is 809. The predicted molar refractivity (Wildman–Crippen MR) is 98.8 cm³/mol. The van der Waals surface area contributed by atoms with E-state index in [0.717, 1.165) is 19.3 Å². The van der Waals surface area contributed by atoms with Gasteiger partial charge in [0.1, 0.15) is 0 Å². The van der Waals surface area contributed by atoms with Crippen LogP contribution in [0, 0.1) is 12.8 Å². The van der Waals surface area contributed by atoms with Gasteiger partial charge in [-0.1, -0.05) is 0 Å². The van der Waals surface area contributed by atoms with Gasteiger partial charge in [0.05, 0.1) is 12.8 Å². The Labute approximate surface area is 158 Å². The molecule has 2 aromatic rings. The van der Waals surface area contributed by atoms with Crippen molar-refractivity contribution in [1.82, 2.24) is 19.9 Å². The summed E-state index contributed by atoms with van der Waals surface area (Å²) in [5, 5.41) is 3.32. The van der Waals surface area contributed by atoms with Crippen LogP contribution in [-0.2, 0) is 6.42 Å². The average Bonchev–Trinajstić information content (AvgIpc) is 3.42. The van der Waals surface area contributed by atoms with E-state index in [1.54, 1.807) is 19.4 Å². The first kappa shape index (κ1) is 17.8. The van der Waals surface area contributed by atoms with Crippen LogP contribution in [-0.4, -0.2) is 52.0 Å². The van der Waals surface area contributed by atoms with Gasteiger partial charge in [0.15, 0.2) is 5.89 Å². The van der Waals surface area contributed by atoms with E-state index in [9.17, 15) is 4.79 Å². The summed E-state index contributed by atoms with van der Waals surface area (Å²) in [6.07, 6.45) is 6.65. The summed E-state index contributed by atoms with van der Waals surface area (Å²) in [7, 11) is 1.58. The number of likely N-dealkylation sites (tertiary alicyclic amines) is 1. The molecule has 4 rings (SSSR count). The number of hydrogen-bond donors (Lipinski definition) is 1. The summed E-state index contributed by atoms with van der Waals surface area (Å²) in [4.78, 5) is 27.6. The van der Waals surface area contributed by atoms with E-state index in [2.05, 4.69) is 20.3 Å². The van der Waals surface area contributed by atoms with E-state index >= 15 is 0 Å². The first-order valence-electron chi connectivity index (χ1n) is 9.51. The van der Waals surface area contributed by atoms with E-state index in [-0.39, 0.29) is 11.9 Å². The van der Waals surface area contributed by atoms with Crippen LogP contribution in [0.4, 0.5) is 5.95 Å². The molecule has 1 aliphatic carbocycles. The van der Waals surface area contributed by atoms with E-state index in [0.29, 0.717) is 48.2 Å². The van der Waals surface area contributed by atoms with Gasteiger partial charge in [-0.05, 0) is 38.5 Å². The molecule has 0 spiro atoms. The lowest BCUT2D eigenvalue weighted by molar-refractivity contribution is 0.0683. The Kier molecular flexibility index (Phi) is 4.96. The quantitative estimate of drug-likeness (QED) is 0.833. The fourth-order valence-electron chi connectivity index (χ4n) is 3.39. The van der Waals surface area contributed by atoms with E-state index in [1.165, 1.54) is 12.8 Å². The number of aryl methyl sites for hydroxylation is 1. The Morgan fingerprint density at radius 3 is 2.78 bits per heavy atom. The Morgan fingerprint density at radius 2 is 2.07 bits per heavy atom. The van der Waals surface area contributed by atoms with Crippen LogP contribution in [0.25, 0.3) is 0 Å². The monoisotopic (exact) mass is 371 g/mol. The zero-order valence-corrected chi connectivity index (χ0v) is 15.8. The third-order valence-corrected chi connectivity index (χ3v) is 5.15. The summed E-state index contributed by atoms with van der Waals surface area (Å²) in [6.45, 7) is 3.18. The number of carbonyl (C=O) groups excluding carboxylic acids is 1. The van der Waals surface area contributed by atoms with E-state index < -0.39 is 0 Å². The number of hydrogen-bond acceptors (Lipinski definition) is 7. The zero-order valence-electron chi connectivity index (χ0n) is 15.8. The number of anilines is 1. The minimum atomic E-state index is -0.0573. The first-order chi connectivity index (χ1) is 13.1. The Balaban J connectivity index is 1.33. The molecule has 0 atom stereocenters. The summed E-state index contributed by atoms with van der Waals surface area (Å²) in [6, 6.07) is 1.94. The van der Waals surface area contributed by atoms with Gasteiger partial charge in [-0.25, -0.2) is 9.97 Å². The second kappa shape index (κ2) is 7.54. The zero-order chi connectivity index (χ0) is 18.8. The minimum Gasteiger partial charge on any atom is -0.481 e. The third-order valence-electron chi connectivity index (χ3n) is 5.15. The van der Waals surface area contributed by atoms with Crippen LogP contribution in [0.5, 0.6) is 5.88 Å². The van der Waals surface area contributed by atoms with Crippen LogP contribution in [0.2, 0.25) is 0 Å². The van der Waals surface area contributed by atoms with Crippen molar-refractivity contribution in [3.05, 3.63) is 29.6 Å². The molecule has 0 aromatic carbocycles. The summed E-state index contributed by atoms with van der Waals surface area (Å²) < 4.78 is 10.9. The highest BCUT2D eigenvalue weighted by Crippen LogP contribution is 2.33. The van der Waals surface area contributed by atoms with E-state index in [1.807, 2.05) is 11.8 Å². The largest absolute Gasteiger partial charge is 0.481 e. The summed E-state index contributed by atoms with van der Waals surface area (Å²) in [5.74, 6) is 2.81. The van der Waals surface area contributed by atoms with Gasteiger partial charge in [0.25, 0.3) is 5.91 Å². The summed E-state index contributed by atoms with van der Waals surface area (Å²) in [5.41, 5.74) is 0.695. The molecule has 1 N–H and O–H groups in total. The number of aromatic nitrogens is 3. The fraction of sp³-hybridized carbons (Fsp3) is 0.579. The molecule has 27 heavy (non-hydrogen) atoms. The van der Waals surface area contributed by atoms with Gasteiger partial charge in [0, 0.05) is 37.8 Å². The molecular formula is C19H25N5O3. The molecule has 1 saturated carbocycles. The van der Waals surface area contributed by atoms with Crippen molar-refractivity contribution >= 4 is 11.9 Å². The lowest BCUT2D eigenvalue weighted by Gasteiger charge is -2.31. The van der Waals surface area contributed by atoms with Gasteiger partial charge < -0.3 is 19.4 Å². The first-order valence-corrected chi connectivity index (χ1v) is 9.51. The van der Waals surface area contributed by atoms with Gasteiger partial charge in [-0.15, -0.1) is 0 Å². The maximum atomic E-state index is 12.8. The topological polar surface area (TPSA) is 93.4 Å². The van der Waals surface area contributed by atoms with Gasteiger partial charge in [0.2, 0.25) is 17.6 Å². The molecule has 8 nitrogen and oxygen atoms in total. The van der Waals surface area contributed by atoms with Gasteiger partial charge in [-0.2, -0.15) is 4.98 Å². The lowest BCUT2D eigenvalue weighted by atomic mass is 10.0. The SMILES string of the molecule is COc1ccnc(NC2CCN(C(=O)c3oc(CC4CC4)nc3C)CC2)n1. The van der Waals surface area contributed by atoms with Crippen molar-refractivity contribution in [2.75, 3.05) is 25.5 Å². The molecule has 0 unspecified atom stereocenters. The van der Waals surface area contributed by atoms with Crippen molar-refractivity contribution in [1.29, 1.82) is 0 Å². The van der Waals surface area contributed by atoms with E-state index in [4.69, 9.17) is 9.15 Å². The molecule has 3 heterocycles. The molecule has 2 aliphatic rings. The molecule has 1 amide bonds. The second-order valence-electron chi connectivity index (χ2n) is 7.30. The number of nitrogens with one attached hydrogen (secondary N) is 1. The van der Waals surface area contributed by atoms with Crippen LogP contribution >= 0.6 is 0 Å². The molecule has 144 valence electrons. The van der Waals surface area contributed by atoms with Crippen LogP contribution in [0.15, 0.2) is 16.7 Å². The van der Waals surface area contributed by atoms with Crippen molar-refractivity contribution in [3.63, 3.8) is 0 Å². The number of rotatable bonds is 6. The average molecular weight is 371 g/mol. The Hall–Kier alpha value is -2.64. The van der Waals surface area contributed by atoms with Gasteiger partial charge >= 0.3 is 0 Å². The van der Waals surface area contributed by atoms with Crippen LogP contribution in [0.3, 0.4) is 0 Å². The highest BCUT2D eigenvalue weighted by molar-refractivity contribution is 5.92. The predicted octanol–water partition coefficient (Wildman–Crippen LogP) is 2.45. The molecular weight excluding hydrogens is 346 g/mol. The van der Waals surface area contributed by atoms with Crippen molar-refractivity contribution in [2.24, 2.45) is 5.92 Å². The molecule has 2 aromatic heterocycles. The number of oxazole rings is 1. The lowest BCUT2D eigenvalue weighted by Crippen LogP contribution is -2.42. The summed E-state index contributed by atoms with van der Waals surface area (Å²) >= 11 is 0. The molecule has 2 fully saturated rings. The number of carbonyl (C=O) groups is 1. The maximum Gasteiger partial charge on any atom is 0.291 e. The van der Waals surface area contributed by atoms with Crippen molar-refractivity contribution < 1.29 is 13.9 Å². The third kappa shape index (κ3) is 4.20. The van der Waals surface area contributed by atoms with Crippen molar-refractivity contribution in [2.45, 2.75) is 45.1 Å².